The number of hydrogen-bond acceptors (Lipinski definition) is 4. The molecule has 0 aliphatic rings. The van der Waals surface area contributed by atoms with E-state index in [1.165, 1.54) is 0 Å². The maximum atomic E-state index is 10.2. The highest BCUT2D eigenvalue weighted by Gasteiger charge is 2.39. The largest absolute Gasteiger partial charge is 0.378 e. The van der Waals surface area contributed by atoms with E-state index >= 15 is 0 Å². The number of carbonyl (C=O) groups is 1. The number of hydrogen-bond donors (Lipinski definition) is 1. The van der Waals surface area contributed by atoms with Crippen molar-refractivity contribution >= 4 is 5.78 Å². The number of rotatable bonds is 2. The highest BCUT2D eigenvalue weighted by atomic mass is 16.7. The Bertz CT molecular complexity index is 135. The van der Waals surface area contributed by atoms with E-state index in [0.717, 1.165) is 13.8 Å². The summed E-state index contributed by atoms with van der Waals surface area (Å²) in [5, 5.41) is 18.4. The van der Waals surface area contributed by atoms with Crippen molar-refractivity contribution in [2.75, 3.05) is 0 Å². The summed E-state index contributed by atoms with van der Waals surface area (Å²) < 4.78 is 0. The molecule has 1 N–H and O–H groups in total. The second kappa shape index (κ2) is 2.10. The van der Waals surface area contributed by atoms with Crippen LogP contribution in [0.4, 0.5) is 0 Å². The van der Waals surface area contributed by atoms with Crippen molar-refractivity contribution in [2.45, 2.75) is 19.6 Å². The summed E-state index contributed by atoms with van der Waals surface area (Å²) >= 11 is 0. The lowest BCUT2D eigenvalue weighted by Crippen LogP contribution is -2.41. The fourth-order valence-electron chi connectivity index (χ4n) is 0.129. The predicted molar refractivity (Wildman–Crippen MR) is 28.3 cm³/mol. The van der Waals surface area contributed by atoms with Crippen molar-refractivity contribution in [1.29, 1.82) is 0 Å². The topological polar surface area (TPSA) is 80.4 Å². The maximum absolute atomic E-state index is 10.2. The number of carbonyl (C=O) groups excluding carboxylic acids is 1. The summed E-state index contributed by atoms with van der Waals surface area (Å²) in [6.45, 7) is 1.80. The van der Waals surface area contributed by atoms with Crippen LogP contribution in [0.15, 0.2) is 0 Å². The Hall–Kier alpha value is -0.970. The van der Waals surface area contributed by atoms with Crippen LogP contribution in [0.25, 0.3) is 0 Å². The molecule has 9 heavy (non-hydrogen) atoms. The zero-order chi connectivity index (χ0) is 7.65. The Morgan fingerprint density at radius 1 is 1.78 bits per heavy atom. The number of Topliss-reactive ketones (excluding diaryl/α,β-unsaturated/α-hetero) is 1. The van der Waals surface area contributed by atoms with Crippen molar-refractivity contribution < 1.29 is 14.8 Å². The van der Waals surface area contributed by atoms with E-state index in [2.05, 4.69) is 0 Å². The van der Waals surface area contributed by atoms with Crippen LogP contribution >= 0.6 is 0 Å². The predicted octanol–water partition coefficient (Wildman–Crippen LogP) is -0.439. The minimum atomic E-state index is -2.42. The van der Waals surface area contributed by atoms with Crippen LogP contribution in [0.2, 0.25) is 0 Å². The number of nitro groups is 1. The van der Waals surface area contributed by atoms with Crippen LogP contribution in [0.1, 0.15) is 13.8 Å². The number of ketones is 1. The molecule has 0 heterocycles. The Kier molecular flexibility index (Phi) is 1.87. The van der Waals surface area contributed by atoms with Gasteiger partial charge in [0, 0.05) is 13.8 Å². The van der Waals surface area contributed by atoms with Gasteiger partial charge in [-0.25, -0.2) is 0 Å². The third-order valence-electron chi connectivity index (χ3n) is 1.02. The average molecular weight is 133 g/mol. The molecule has 52 valence electrons. The van der Waals surface area contributed by atoms with Gasteiger partial charge >= 0.3 is 5.72 Å². The molecule has 0 fully saturated rings. The molecule has 0 bridgehead atoms. The van der Waals surface area contributed by atoms with Crippen LogP contribution in [-0.2, 0) is 4.79 Å². The summed E-state index contributed by atoms with van der Waals surface area (Å²) in [5.74, 6) is -0.868. The van der Waals surface area contributed by atoms with Gasteiger partial charge in [-0.05, 0) is 0 Å². The van der Waals surface area contributed by atoms with Gasteiger partial charge in [0.1, 0.15) is 0 Å². The van der Waals surface area contributed by atoms with Gasteiger partial charge in [0.25, 0.3) is 0 Å². The molecule has 0 spiro atoms. The lowest BCUT2D eigenvalue weighted by Gasteiger charge is -2.07. The SMILES string of the molecule is CC(=O)C(C)(O)[N+](=O)[O-]. The first-order valence-electron chi connectivity index (χ1n) is 2.27. The van der Waals surface area contributed by atoms with Crippen LogP contribution in [0, 0.1) is 10.1 Å². The van der Waals surface area contributed by atoms with Gasteiger partial charge in [0.15, 0.2) is 0 Å². The van der Waals surface area contributed by atoms with Crippen molar-refractivity contribution in [3.63, 3.8) is 0 Å². The molecule has 0 radical (unpaired) electrons. The van der Waals surface area contributed by atoms with Crippen molar-refractivity contribution in [1.82, 2.24) is 0 Å². The lowest BCUT2D eigenvalue weighted by molar-refractivity contribution is -0.598. The molecule has 1 unspecified atom stereocenters. The Balaban J connectivity index is 4.38. The standard InChI is InChI=1S/C4H7NO4/c1-3(6)4(2,7)5(8)9/h7H,1-2H3. The number of nitrogens with zero attached hydrogens (tertiary/aromatic N) is 1. The highest BCUT2D eigenvalue weighted by molar-refractivity contribution is 5.82. The van der Waals surface area contributed by atoms with Gasteiger partial charge < -0.3 is 5.11 Å². The minimum Gasteiger partial charge on any atom is -0.325 e. The molecule has 5 heteroatoms. The van der Waals surface area contributed by atoms with Crippen molar-refractivity contribution in [3.8, 4) is 0 Å². The van der Waals surface area contributed by atoms with Gasteiger partial charge in [-0.2, -0.15) is 0 Å². The van der Waals surface area contributed by atoms with E-state index < -0.39 is 16.4 Å². The molecule has 0 rings (SSSR count). The first-order chi connectivity index (χ1) is 3.89. The van der Waals surface area contributed by atoms with E-state index in [9.17, 15) is 14.9 Å². The second-order valence-corrected chi connectivity index (χ2v) is 1.83. The molecule has 0 aromatic heterocycles. The third kappa shape index (κ3) is 1.46. The third-order valence-corrected chi connectivity index (χ3v) is 1.02. The fraction of sp³-hybridized carbons (Fsp3) is 0.750. The molecule has 0 aromatic carbocycles. The molecule has 0 amide bonds. The molecule has 0 saturated heterocycles. The van der Waals surface area contributed by atoms with Crippen LogP contribution < -0.4 is 0 Å². The first kappa shape index (κ1) is 8.03. The van der Waals surface area contributed by atoms with Crippen molar-refractivity contribution in [3.05, 3.63) is 10.1 Å². The molecule has 0 aliphatic heterocycles. The van der Waals surface area contributed by atoms with Gasteiger partial charge in [-0.15, -0.1) is 0 Å². The van der Waals surface area contributed by atoms with E-state index in [1.807, 2.05) is 0 Å². The van der Waals surface area contributed by atoms with Gasteiger partial charge in [-0.3, -0.25) is 14.9 Å². The molecule has 1 atom stereocenters. The Morgan fingerprint density at radius 2 is 2.11 bits per heavy atom. The van der Waals surface area contributed by atoms with Crippen molar-refractivity contribution in [2.24, 2.45) is 0 Å². The average Bonchev–Trinajstić information content (AvgIpc) is 1.65. The van der Waals surface area contributed by atoms with Gasteiger partial charge in [0.05, 0.1) is 4.92 Å². The molecular weight excluding hydrogens is 126 g/mol. The van der Waals surface area contributed by atoms with Gasteiger partial charge in [-0.1, -0.05) is 0 Å². The molecule has 0 saturated carbocycles. The van der Waals surface area contributed by atoms with E-state index in [0.29, 0.717) is 0 Å². The minimum absolute atomic E-state index is 0.843. The zero-order valence-electron chi connectivity index (χ0n) is 5.12. The Morgan fingerprint density at radius 3 is 2.11 bits per heavy atom. The quantitative estimate of drug-likeness (QED) is 0.314. The summed E-state index contributed by atoms with van der Waals surface area (Å²) in [6.07, 6.45) is 0. The van der Waals surface area contributed by atoms with E-state index in [-0.39, 0.29) is 0 Å². The lowest BCUT2D eigenvalue weighted by atomic mass is 10.2. The summed E-state index contributed by atoms with van der Waals surface area (Å²) in [6, 6.07) is 0. The van der Waals surface area contributed by atoms with Crippen LogP contribution in [0.5, 0.6) is 0 Å². The zero-order valence-corrected chi connectivity index (χ0v) is 5.12. The molecule has 0 aromatic rings. The summed E-state index contributed by atoms with van der Waals surface area (Å²) in [5.41, 5.74) is -2.42. The fourth-order valence-corrected chi connectivity index (χ4v) is 0.129. The second-order valence-electron chi connectivity index (χ2n) is 1.83. The molecular formula is C4H7NO4. The first-order valence-corrected chi connectivity index (χ1v) is 2.27. The monoisotopic (exact) mass is 133 g/mol. The Labute approximate surface area is 51.4 Å². The van der Waals surface area contributed by atoms with E-state index in [1.54, 1.807) is 0 Å². The number of aliphatic hydroxyl groups is 1. The smallest absolute Gasteiger partial charge is 0.325 e. The summed E-state index contributed by atoms with van der Waals surface area (Å²) in [4.78, 5) is 19.0. The van der Waals surface area contributed by atoms with Crippen LogP contribution in [0.3, 0.4) is 0 Å². The van der Waals surface area contributed by atoms with E-state index in [4.69, 9.17) is 5.11 Å². The van der Waals surface area contributed by atoms with Gasteiger partial charge in [0.2, 0.25) is 5.78 Å². The van der Waals surface area contributed by atoms with Crippen LogP contribution in [-0.4, -0.2) is 21.5 Å². The highest BCUT2D eigenvalue weighted by Crippen LogP contribution is 2.03. The normalized spacial score (nSPS) is 16.3. The summed E-state index contributed by atoms with van der Waals surface area (Å²) in [7, 11) is 0. The molecule has 0 aliphatic carbocycles. The maximum Gasteiger partial charge on any atom is 0.378 e. The molecule has 5 nitrogen and oxygen atoms in total.